The van der Waals surface area contributed by atoms with Crippen LogP contribution in [-0.2, 0) is 0 Å². The molecule has 2 nitrogen and oxygen atoms in total. The maximum absolute atomic E-state index is 12.5. The van der Waals surface area contributed by atoms with Crippen LogP contribution in [0.5, 0.6) is 5.75 Å². The summed E-state index contributed by atoms with van der Waals surface area (Å²) in [7, 11) is 0. The van der Waals surface area contributed by atoms with Crippen molar-refractivity contribution in [1.29, 1.82) is 0 Å². The van der Waals surface area contributed by atoms with Gasteiger partial charge in [-0.05, 0) is 38.1 Å². The number of carbonyl (C=O) groups excluding carboxylic acids is 1. The Morgan fingerprint density at radius 2 is 1.84 bits per heavy atom. The quantitative estimate of drug-likeness (QED) is 0.777. The van der Waals surface area contributed by atoms with Crippen molar-refractivity contribution in [3.63, 3.8) is 0 Å². The van der Waals surface area contributed by atoms with E-state index in [1.54, 1.807) is 12.1 Å². The fourth-order valence-corrected chi connectivity index (χ4v) is 2.20. The second-order valence-corrected chi connectivity index (χ2v) is 5.42. The Morgan fingerprint density at radius 1 is 1.11 bits per heavy atom. The Morgan fingerprint density at radius 3 is 2.53 bits per heavy atom. The molecule has 0 saturated carbocycles. The molecule has 0 unspecified atom stereocenters. The van der Waals surface area contributed by atoms with Gasteiger partial charge in [-0.15, -0.1) is 0 Å². The topological polar surface area (TPSA) is 26.3 Å². The van der Waals surface area contributed by atoms with E-state index in [0.29, 0.717) is 16.9 Å². The highest BCUT2D eigenvalue weighted by Crippen LogP contribution is 2.23. The predicted octanol–water partition coefficient (Wildman–Crippen LogP) is 4.47. The molecule has 0 radical (unpaired) electrons. The van der Waals surface area contributed by atoms with Crippen LogP contribution in [0.2, 0.25) is 0 Å². The maximum Gasteiger partial charge on any atom is 0.196 e. The Kier molecular flexibility index (Phi) is 4.38. The second-order valence-electron chi connectivity index (χ2n) is 4.50. The lowest BCUT2D eigenvalue weighted by molar-refractivity contribution is 0.103. The first kappa shape index (κ1) is 13.8. The SMILES string of the molecule is CC(C)Oc1ccccc1C(=O)c1cccc(Br)c1. The average molecular weight is 319 g/mol. The Labute approximate surface area is 121 Å². The van der Waals surface area contributed by atoms with Crippen molar-refractivity contribution in [2.45, 2.75) is 20.0 Å². The third-order valence-corrected chi connectivity index (χ3v) is 3.07. The number of rotatable bonds is 4. The van der Waals surface area contributed by atoms with Crippen LogP contribution in [0.25, 0.3) is 0 Å². The predicted molar refractivity (Wildman–Crippen MR) is 79.8 cm³/mol. The molecule has 2 aromatic rings. The van der Waals surface area contributed by atoms with E-state index in [9.17, 15) is 4.79 Å². The summed E-state index contributed by atoms with van der Waals surface area (Å²) in [4.78, 5) is 12.5. The lowest BCUT2D eigenvalue weighted by atomic mass is 10.0. The van der Waals surface area contributed by atoms with Gasteiger partial charge in [-0.25, -0.2) is 0 Å². The average Bonchev–Trinajstić information content (AvgIpc) is 2.38. The summed E-state index contributed by atoms with van der Waals surface area (Å²) in [6.45, 7) is 3.89. The zero-order valence-electron chi connectivity index (χ0n) is 10.9. The summed E-state index contributed by atoms with van der Waals surface area (Å²) in [5.74, 6) is 0.597. The van der Waals surface area contributed by atoms with Crippen molar-refractivity contribution in [3.05, 3.63) is 64.1 Å². The summed E-state index contributed by atoms with van der Waals surface area (Å²) < 4.78 is 6.58. The third kappa shape index (κ3) is 3.44. The molecular weight excluding hydrogens is 304 g/mol. The van der Waals surface area contributed by atoms with Gasteiger partial charge in [-0.1, -0.05) is 40.2 Å². The molecule has 2 rings (SSSR count). The van der Waals surface area contributed by atoms with Crippen molar-refractivity contribution >= 4 is 21.7 Å². The van der Waals surface area contributed by atoms with Gasteiger partial charge in [0.15, 0.2) is 5.78 Å². The van der Waals surface area contributed by atoms with Crippen molar-refractivity contribution < 1.29 is 9.53 Å². The number of halogens is 1. The highest BCUT2D eigenvalue weighted by molar-refractivity contribution is 9.10. The van der Waals surface area contributed by atoms with E-state index in [-0.39, 0.29) is 11.9 Å². The van der Waals surface area contributed by atoms with Crippen molar-refractivity contribution in [2.75, 3.05) is 0 Å². The first-order valence-corrected chi connectivity index (χ1v) is 6.93. The summed E-state index contributed by atoms with van der Waals surface area (Å²) in [6, 6.07) is 14.7. The Bertz CT molecular complexity index is 591. The lowest BCUT2D eigenvalue weighted by Crippen LogP contribution is -2.10. The Balaban J connectivity index is 2.39. The van der Waals surface area contributed by atoms with Crippen LogP contribution in [-0.4, -0.2) is 11.9 Å². The monoisotopic (exact) mass is 318 g/mol. The molecule has 0 aliphatic rings. The van der Waals surface area contributed by atoms with E-state index < -0.39 is 0 Å². The lowest BCUT2D eigenvalue weighted by Gasteiger charge is -2.13. The molecule has 3 heteroatoms. The van der Waals surface area contributed by atoms with E-state index in [1.165, 1.54) is 0 Å². The van der Waals surface area contributed by atoms with E-state index in [0.717, 1.165) is 4.47 Å². The van der Waals surface area contributed by atoms with E-state index in [2.05, 4.69) is 15.9 Å². The molecule has 0 heterocycles. The zero-order valence-corrected chi connectivity index (χ0v) is 12.5. The number of ether oxygens (including phenoxy) is 1. The minimum Gasteiger partial charge on any atom is -0.490 e. The molecule has 0 aliphatic heterocycles. The molecule has 0 amide bonds. The highest BCUT2D eigenvalue weighted by atomic mass is 79.9. The third-order valence-electron chi connectivity index (χ3n) is 2.58. The number of ketones is 1. The number of hydrogen-bond donors (Lipinski definition) is 0. The number of hydrogen-bond acceptors (Lipinski definition) is 2. The van der Waals surface area contributed by atoms with Crippen LogP contribution in [0, 0.1) is 0 Å². The highest BCUT2D eigenvalue weighted by Gasteiger charge is 2.15. The summed E-state index contributed by atoms with van der Waals surface area (Å²) in [6.07, 6.45) is 0.0384. The van der Waals surface area contributed by atoms with Crippen molar-refractivity contribution in [2.24, 2.45) is 0 Å². The van der Waals surface area contributed by atoms with Crippen LogP contribution < -0.4 is 4.74 Å². The normalized spacial score (nSPS) is 10.5. The maximum atomic E-state index is 12.5. The minimum atomic E-state index is -0.0300. The van der Waals surface area contributed by atoms with Crippen LogP contribution in [0.3, 0.4) is 0 Å². The van der Waals surface area contributed by atoms with Crippen molar-refractivity contribution in [3.8, 4) is 5.75 Å². The van der Waals surface area contributed by atoms with Crippen LogP contribution in [0.4, 0.5) is 0 Å². The fraction of sp³-hybridized carbons (Fsp3) is 0.188. The summed E-state index contributed by atoms with van der Waals surface area (Å²) in [5, 5.41) is 0. The molecule has 19 heavy (non-hydrogen) atoms. The standard InChI is InChI=1S/C16H15BrO2/c1-11(2)19-15-9-4-3-8-14(15)16(18)12-6-5-7-13(17)10-12/h3-11H,1-2H3. The van der Waals surface area contributed by atoms with Gasteiger partial charge in [0.2, 0.25) is 0 Å². The van der Waals surface area contributed by atoms with Crippen molar-refractivity contribution in [1.82, 2.24) is 0 Å². The zero-order chi connectivity index (χ0) is 13.8. The van der Waals surface area contributed by atoms with Gasteiger partial charge in [0.1, 0.15) is 5.75 Å². The van der Waals surface area contributed by atoms with Gasteiger partial charge in [0, 0.05) is 10.0 Å². The summed E-state index contributed by atoms with van der Waals surface area (Å²) >= 11 is 3.38. The summed E-state index contributed by atoms with van der Waals surface area (Å²) in [5.41, 5.74) is 1.24. The van der Waals surface area contributed by atoms with Gasteiger partial charge in [-0.2, -0.15) is 0 Å². The molecule has 0 bridgehead atoms. The smallest absolute Gasteiger partial charge is 0.196 e. The van der Waals surface area contributed by atoms with E-state index in [4.69, 9.17) is 4.74 Å². The molecule has 0 aliphatic carbocycles. The minimum absolute atomic E-state index is 0.0300. The molecule has 0 N–H and O–H groups in total. The van der Waals surface area contributed by atoms with Gasteiger partial charge in [-0.3, -0.25) is 4.79 Å². The fourth-order valence-electron chi connectivity index (χ4n) is 1.80. The molecule has 2 aromatic carbocycles. The molecular formula is C16H15BrO2. The molecule has 0 aromatic heterocycles. The molecule has 0 atom stereocenters. The van der Waals surface area contributed by atoms with Crippen LogP contribution in [0.15, 0.2) is 53.0 Å². The Hall–Kier alpha value is -1.61. The van der Waals surface area contributed by atoms with Gasteiger partial charge >= 0.3 is 0 Å². The first-order chi connectivity index (χ1) is 9.08. The number of carbonyl (C=O) groups is 1. The molecule has 98 valence electrons. The molecule has 0 fully saturated rings. The number of benzene rings is 2. The van der Waals surface area contributed by atoms with E-state index >= 15 is 0 Å². The molecule has 0 saturated heterocycles. The van der Waals surface area contributed by atoms with Gasteiger partial charge in [0.05, 0.1) is 11.7 Å². The van der Waals surface area contributed by atoms with Crippen LogP contribution in [0.1, 0.15) is 29.8 Å². The van der Waals surface area contributed by atoms with Gasteiger partial charge in [0.25, 0.3) is 0 Å². The first-order valence-electron chi connectivity index (χ1n) is 6.14. The largest absolute Gasteiger partial charge is 0.490 e. The number of para-hydroxylation sites is 1. The van der Waals surface area contributed by atoms with E-state index in [1.807, 2.05) is 50.2 Å². The van der Waals surface area contributed by atoms with Crippen LogP contribution >= 0.6 is 15.9 Å². The van der Waals surface area contributed by atoms with Gasteiger partial charge < -0.3 is 4.74 Å². The molecule has 0 spiro atoms. The second kappa shape index (κ2) is 6.02.